The SMILES string of the molecule is Cc1n[nH]c(C)c1NC(=O)CN1CCCC1. The molecule has 0 aromatic carbocycles. The number of hydrogen-bond acceptors (Lipinski definition) is 3. The fourth-order valence-corrected chi connectivity index (χ4v) is 2.06. The van der Waals surface area contributed by atoms with E-state index in [-0.39, 0.29) is 5.91 Å². The molecule has 0 radical (unpaired) electrons. The van der Waals surface area contributed by atoms with Gasteiger partial charge in [0.05, 0.1) is 23.6 Å². The molecule has 5 nitrogen and oxygen atoms in total. The zero-order chi connectivity index (χ0) is 11.5. The van der Waals surface area contributed by atoms with Gasteiger partial charge < -0.3 is 5.32 Å². The molecule has 2 heterocycles. The molecule has 1 fully saturated rings. The smallest absolute Gasteiger partial charge is 0.238 e. The van der Waals surface area contributed by atoms with Crippen LogP contribution in [0.1, 0.15) is 24.2 Å². The first-order chi connectivity index (χ1) is 7.66. The molecular weight excluding hydrogens is 204 g/mol. The number of carbonyl (C=O) groups excluding carboxylic acids is 1. The first-order valence-corrected chi connectivity index (χ1v) is 5.70. The number of aromatic amines is 1. The zero-order valence-electron chi connectivity index (χ0n) is 9.84. The summed E-state index contributed by atoms with van der Waals surface area (Å²) in [5.41, 5.74) is 2.57. The Morgan fingerprint density at radius 1 is 1.44 bits per heavy atom. The number of hydrogen-bond donors (Lipinski definition) is 2. The van der Waals surface area contributed by atoms with Crippen LogP contribution in [-0.2, 0) is 4.79 Å². The van der Waals surface area contributed by atoms with Crippen LogP contribution in [0.5, 0.6) is 0 Å². The summed E-state index contributed by atoms with van der Waals surface area (Å²) in [5, 5.41) is 9.82. The van der Waals surface area contributed by atoms with E-state index in [2.05, 4.69) is 20.4 Å². The lowest BCUT2D eigenvalue weighted by Crippen LogP contribution is -2.31. The Bertz CT molecular complexity index is 360. The fourth-order valence-electron chi connectivity index (χ4n) is 2.06. The van der Waals surface area contributed by atoms with E-state index >= 15 is 0 Å². The average molecular weight is 222 g/mol. The Morgan fingerprint density at radius 3 is 2.69 bits per heavy atom. The van der Waals surface area contributed by atoms with Crippen LogP contribution in [0.25, 0.3) is 0 Å². The van der Waals surface area contributed by atoms with Crippen molar-refractivity contribution in [2.24, 2.45) is 0 Å². The molecule has 1 aromatic rings. The van der Waals surface area contributed by atoms with E-state index in [0.717, 1.165) is 30.2 Å². The van der Waals surface area contributed by atoms with Crippen LogP contribution in [-0.4, -0.2) is 40.6 Å². The van der Waals surface area contributed by atoms with Gasteiger partial charge in [0.1, 0.15) is 0 Å². The molecule has 0 bridgehead atoms. The molecule has 1 aromatic heterocycles. The maximum absolute atomic E-state index is 11.8. The average Bonchev–Trinajstić information content (AvgIpc) is 2.83. The van der Waals surface area contributed by atoms with E-state index in [1.54, 1.807) is 0 Å². The molecular formula is C11H18N4O. The van der Waals surface area contributed by atoms with E-state index < -0.39 is 0 Å². The van der Waals surface area contributed by atoms with Gasteiger partial charge in [0.25, 0.3) is 0 Å². The number of anilines is 1. The number of likely N-dealkylation sites (tertiary alicyclic amines) is 1. The van der Waals surface area contributed by atoms with E-state index in [0.29, 0.717) is 6.54 Å². The standard InChI is InChI=1S/C11H18N4O/c1-8-11(9(2)14-13-8)12-10(16)7-15-5-3-4-6-15/h3-7H2,1-2H3,(H,12,16)(H,13,14). The Labute approximate surface area is 95.2 Å². The second kappa shape index (κ2) is 4.65. The van der Waals surface area contributed by atoms with Crippen molar-refractivity contribution in [2.75, 3.05) is 25.0 Å². The van der Waals surface area contributed by atoms with Crippen molar-refractivity contribution in [1.29, 1.82) is 0 Å². The van der Waals surface area contributed by atoms with Gasteiger partial charge in [0, 0.05) is 0 Å². The Kier molecular flexibility index (Phi) is 3.24. The number of rotatable bonds is 3. The van der Waals surface area contributed by atoms with Crippen molar-refractivity contribution in [2.45, 2.75) is 26.7 Å². The highest BCUT2D eigenvalue weighted by molar-refractivity contribution is 5.93. The molecule has 2 rings (SSSR count). The molecule has 0 unspecified atom stereocenters. The Balaban J connectivity index is 1.91. The molecule has 1 aliphatic rings. The van der Waals surface area contributed by atoms with E-state index in [1.807, 2.05) is 13.8 Å². The van der Waals surface area contributed by atoms with Crippen LogP contribution in [0, 0.1) is 13.8 Å². The number of carbonyl (C=O) groups is 1. The van der Waals surface area contributed by atoms with Crippen LogP contribution < -0.4 is 5.32 Å². The Hall–Kier alpha value is -1.36. The summed E-state index contributed by atoms with van der Waals surface area (Å²) >= 11 is 0. The maximum Gasteiger partial charge on any atom is 0.238 e. The van der Waals surface area contributed by atoms with Gasteiger partial charge in [-0.25, -0.2) is 0 Å². The zero-order valence-corrected chi connectivity index (χ0v) is 9.84. The molecule has 1 amide bonds. The van der Waals surface area contributed by atoms with Crippen LogP contribution in [0.2, 0.25) is 0 Å². The van der Waals surface area contributed by atoms with Gasteiger partial charge in [-0.3, -0.25) is 14.8 Å². The molecule has 0 atom stereocenters. The van der Waals surface area contributed by atoms with Gasteiger partial charge >= 0.3 is 0 Å². The number of nitrogens with zero attached hydrogens (tertiary/aromatic N) is 2. The largest absolute Gasteiger partial charge is 0.322 e. The van der Waals surface area contributed by atoms with Gasteiger partial charge in [-0.05, 0) is 39.8 Å². The Morgan fingerprint density at radius 2 is 2.12 bits per heavy atom. The van der Waals surface area contributed by atoms with Gasteiger partial charge in [0.2, 0.25) is 5.91 Å². The van der Waals surface area contributed by atoms with Crippen molar-refractivity contribution in [3.8, 4) is 0 Å². The van der Waals surface area contributed by atoms with Gasteiger partial charge in [-0.2, -0.15) is 5.10 Å². The molecule has 0 spiro atoms. The number of aromatic nitrogens is 2. The molecule has 1 aliphatic heterocycles. The highest BCUT2D eigenvalue weighted by Gasteiger charge is 2.16. The normalized spacial score (nSPS) is 16.6. The van der Waals surface area contributed by atoms with Crippen molar-refractivity contribution in [3.05, 3.63) is 11.4 Å². The minimum Gasteiger partial charge on any atom is -0.322 e. The van der Waals surface area contributed by atoms with Crippen LogP contribution >= 0.6 is 0 Å². The topological polar surface area (TPSA) is 61.0 Å². The quantitative estimate of drug-likeness (QED) is 0.804. The first-order valence-electron chi connectivity index (χ1n) is 5.70. The summed E-state index contributed by atoms with van der Waals surface area (Å²) in [7, 11) is 0. The molecule has 1 saturated heterocycles. The lowest BCUT2D eigenvalue weighted by Gasteiger charge is -2.14. The van der Waals surface area contributed by atoms with Crippen LogP contribution in [0.3, 0.4) is 0 Å². The predicted molar refractivity (Wildman–Crippen MR) is 62.4 cm³/mol. The second-order valence-electron chi connectivity index (χ2n) is 4.34. The van der Waals surface area contributed by atoms with Gasteiger partial charge in [0.15, 0.2) is 0 Å². The number of nitrogens with one attached hydrogen (secondary N) is 2. The summed E-state index contributed by atoms with van der Waals surface area (Å²) in [4.78, 5) is 14.0. The van der Waals surface area contributed by atoms with Crippen LogP contribution in [0.4, 0.5) is 5.69 Å². The number of H-pyrrole nitrogens is 1. The lowest BCUT2D eigenvalue weighted by atomic mass is 10.3. The molecule has 0 aliphatic carbocycles. The molecule has 16 heavy (non-hydrogen) atoms. The third kappa shape index (κ3) is 2.41. The molecule has 0 saturated carbocycles. The van der Waals surface area contributed by atoms with Gasteiger partial charge in [-0.1, -0.05) is 0 Å². The summed E-state index contributed by atoms with van der Waals surface area (Å²) in [6, 6.07) is 0. The lowest BCUT2D eigenvalue weighted by molar-refractivity contribution is -0.117. The molecule has 88 valence electrons. The van der Waals surface area contributed by atoms with Crippen LogP contribution in [0.15, 0.2) is 0 Å². The second-order valence-corrected chi connectivity index (χ2v) is 4.34. The monoisotopic (exact) mass is 222 g/mol. The van der Waals surface area contributed by atoms with E-state index in [1.165, 1.54) is 12.8 Å². The third-order valence-electron chi connectivity index (χ3n) is 2.96. The van der Waals surface area contributed by atoms with Crippen molar-refractivity contribution < 1.29 is 4.79 Å². The van der Waals surface area contributed by atoms with Crippen molar-refractivity contribution in [1.82, 2.24) is 15.1 Å². The van der Waals surface area contributed by atoms with Crippen molar-refractivity contribution >= 4 is 11.6 Å². The highest BCUT2D eigenvalue weighted by Crippen LogP contribution is 2.16. The van der Waals surface area contributed by atoms with E-state index in [4.69, 9.17) is 0 Å². The summed E-state index contributed by atoms with van der Waals surface area (Å²) in [6.07, 6.45) is 2.41. The maximum atomic E-state index is 11.8. The number of aryl methyl sites for hydroxylation is 2. The number of amides is 1. The molecule has 5 heteroatoms. The third-order valence-corrected chi connectivity index (χ3v) is 2.96. The predicted octanol–water partition coefficient (Wildman–Crippen LogP) is 1.06. The van der Waals surface area contributed by atoms with Gasteiger partial charge in [-0.15, -0.1) is 0 Å². The first kappa shape index (κ1) is 11.1. The van der Waals surface area contributed by atoms with E-state index in [9.17, 15) is 4.79 Å². The summed E-state index contributed by atoms with van der Waals surface area (Å²) in [6.45, 7) is 6.36. The minimum atomic E-state index is 0.0505. The minimum absolute atomic E-state index is 0.0505. The summed E-state index contributed by atoms with van der Waals surface area (Å²) in [5.74, 6) is 0.0505. The fraction of sp³-hybridized carbons (Fsp3) is 0.636. The molecule has 2 N–H and O–H groups in total. The summed E-state index contributed by atoms with van der Waals surface area (Å²) < 4.78 is 0. The van der Waals surface area contributed by atoms with Crippen molar-refractivity contribution in [3.63, 3.8) is 0 Å². The highest BCUT2D eigenvalue weighted by atomic mass is 16.2.